The lowest BCUT2D eigenvalue weighted by Gasteiger charge is -2.32. The third-order valence-corrected chi connectivity index (χ3v) is 8.63. The van der Waals surface area contributed by atoms with E-state index < -0.39 is 6.04 Å². The number of amides is 2. The Hall–Kier alpha value is -2.47. The number of nitrogens with zero attached hydrogens (tertiary/aromatic N) is 1. The van der Waals surface area contributed by atoms with Crippen molar-refractivity contribution in [2.45, 2.75) is 63.4 Å². The quantitative estimate of drug-likeness (QED) is 0.265. The molecule has 38 heavy (non-hydrogen) atoms. The number of carbonyl (C=O) groups is 2. The van der Waals surface area contributed by atoms with Gasteiger partial charge in [0.1, 0.15) is 6.04 Å². The molecule has 0 aromatic heterocycles. The summed E-state index contributed by atoms with van der Waals surface area (Å²) in [6.07, 6.45) is 4.71. The predicted molar refractivity (Wildman–Crippen MR) is 159 cm³/mol. The van der Waals surface area contributed by atoms with Gasteiger partial charge < -0.3 is 10.2 Å². The Labute approximate surface area is 240 Å². The second kappa shape index (κ2) is 14.1. The van der Waals surface area contributed by atoms with Gasteiger partial charge in [-0.3, -0.25) is 9.59 Å². The van der Waals surface area contributed by atoms with Crippen molar-refractivity contribution < 1.29 is 9.59 Å². The third-order valence-electron chi connectivity index (χ3n) is 7.07. The topological polar surface area (TPSA) is 49.4 Å². The fraction of sp³-hybridized carbons (Fsp3) is 0.355. The van der Waals surface area contributed by atoms with Crippen LogP contribution in [0.5, 0.6) is 0 Å². The zero-order valence-electron chi connectivity index (χ0n) is 21.7. The van der Waals surface area contributed by atoms with E-state index in [1.54, 1.807) is 17.0 Å². The lowest BCUT2D eigenvalue weighted by atomic mass is 10.0. The van der Waals surface area contributed by atoms with E-state index >= 15 is 0 Å². The monoisotopic (exact) mass is 568 g/mol. The molecule has 7 heteroatoms. The molecule has 1 fully saturated rings. The summed E-state index contributed by atoms with van der Waals surface area (Å²) >= 11 is 13.9. The van der Waals surface area contributed by atoms with Crippen LogP contribution in [0, 0.1) is 6.92 Å². The Bertz CT molecular complexity index is 1230. The molecular formula is C31H34Cl2N2O2S. The molecule has 1 aliphatic carbocycles. The lowest BCUT2D eigenvalue weighted by Crippen LogP contribution is -2.52. The molecule has 0 radical (unpaired) electrons. The van der Waals surface area contributed by atoms with Gasteiger partial charge in [0.05, 0.1) is 5.75 Å². The number of rotatable bonds is 11. The van der Waals surface area contributed by atoms with Crippen molar-refractivity contribution in [3.05, 3.63) is 105 Å². The SMILES string of the molecule is Cc1ccccc1CN(C(=O)CSCc1ccc(Cl)cc1Cl)[C@H](Cc1ccccc1)C(=O)NC1CCCC1. The van der Waals surface area contributed by atoms with Crippen LogP contribution in [-0.2, 0) is 28.3 Å². The number of benzene rings is 3. The fourth-order valence-electron chi connectivity index (χ4n) is 4.86. The van der Waals surface area contributed by atoms with Gasteiger partial charge in [0.2, 0.25) is 11.8 Å². The highest BCUT2D eigenvalue weighted by Crippen LogP contribution is 2.26. The van der Waals surface area contributed by atoms with Crippen LogP contribution in [0.1, 0.15) is 47.9 Å². The Morgan fingerprint density at radius 1 is 0.974 bits per heavy atom. The van der Waals surface area contributed by atoms with Gasteiger partial charge in [-0.15, -0.1) is 11.8 Å². The predicted octanol–water partition coefficient (Wildman–Crippen LogP) is 7.23. The van der Waals surface area contributed by atoms with Crippen LogP contribution in [0.4, 0.5) is 0 Å². The number of hydrogen-bond acceptors (Lipinski definition) is 3. The highest BCUT2D eigenvalue weighted by molar-refractivity contribution is 7.99. The number of thioether (sulfide) groups is 1. The molecule has 1 saturated carbocycles. The number of aryl methyl sites for hydroxylation is 1. The second-order valence-electron chi connectivity index (χ2n) is 9.87. The maximum absolute atomic E-state index is 13.8. The van der Waals surface area contributed by atoms with Crippen LogP contribution in [0.3, 0.4) is 0 Å². The normalized spacial score (nSPS) is 14.3. The molecular weight excluding hydrogens is 535 g/mol. The smallest absolute Gasteiger partial charge is 0.243 e. The molecule has 0 bridgehead atoms. The van der Waals surface area contributed by atoms with Gasteiger partial charge >= 0.3 is 0 Å². The Balaban J connectivity index is 1.57. The summed E-state index contributed by atoms with van der Waals surface area (Å²) < 4.78 is 0. The van der Waals surface area contributed by atoms with Gasteiger partial charge in [0.15, 0.2) is 0 Å². The molecule has 1 aliphatic rings. The van der Waals surface area contributed by atoms with E-state index in [1.807, 2.05) is 67.6 Å². The Kier molecular flexibility index (Phi) is 10.6. The van der Waals surface area contributed by atoms with Crippen LogP contribution in [-0.4, -0.2) is 34.6 Å². The lowest BCUT2D eigenvalue weighted by molar-refractivity contribution is -0.139. The zero-order chi connectivity index (χ0) is 26.9. The molecule has 0 heterocycles. The Morgan fingerprint density at radius 3 is 2.39 bits per heavy atom. The summed E-state index contributed by atoms with van der Waals surface area (Å²) in [5.74, 6) is 0.684. The van der Waals surface area contributed by atoms with E-state index in [0.717, 1.165) is 47.9 Å². The number of hydrogen-bond donors (Lipinski definition) is 1. The minimum Gasteiger partial charge on any atom is -0.352 e. The van der Waals surface area contributed by atoms with Crippen LogP contribution in [0.15, 0.2) is 72.8 Å². The van der Waals surface area contributed by atoms with Crippen molar-refractivity contribution in [1.29, 1.82) is 0 Å². The minimum absolute atomic E-state index is 0.0640. The first-order valence-electron chi connectivity index (χ1n) is 13.1. The molecule has 4 rings (SSSR count). The summed E-state index contributed by atoms with van der Waals surface area (Å²) in [7, 11) is 0. The minimum atomic E-state index is -0.607. The molecule has 0 saturated heterocycles. The standard InChI is InChI=1S/C31H34Cl2N2O2S/c1-22-9-5-6-12-24(22)19-35(30(36)21-38-20-25-15-16-26(32)18-28(25)33)29(17-23-10-3-2-4-11-23)31(37)34-27-13-7-8-14-27/h2-6,9-12,15-16,18,27,29H,7-8,13-14,17,19-21H2,1H3,(H,34,37)/t29-/m1/s1. The van der Waals surface area contributed by atoms with Crippen molar-refractivity contribution >= 4 is 46.8 Å². The first-order chi connectivity index (χ1) is 18.4. The van der Waals surface area contributed by atoms with Gasteiger partial charge in [-0.2, -0.15) is 0 Å². The van der Waals surface area contributed by atoms with Crippen LogP contribution in [0.2, 0.25) is 10.0 Å². The van der Waals surface area contributed by atoms with Gasteiger partial charge in [-0.05, 0) is 54.2 Å². The number of nitrogens with one attached hydrogen (secondary N) is 1. The maximum atomic E-state index is 13.8. The second-order valence-corrected chi connectivity index (χ2v) is 11.7. The molecule has 1 atom stereocenters. The molecule has 0 spiro atoms. The molecule has 0 aliphatic heterocycles. The van der Waals surface area contributed by atoms with Crippen molar-refractivity contribution in [3.63, 3.8) is 0 Å². The van der Waals surface area contributed by atoms with E-state index in [2.05, 4.69) is 5.32 Å². The van der Waals surface area contributed by atoms with Crippen molar-refractivity contribution in [2.75, 3.05) is 5.75 Å². The van der Waals surface area contributed by atoms with Crippen LogP contribution >= 0.6 is 35.0 Å². The molecule has 0 unspecified atom stereocenters. The van der Waals surface area contributed by atoms with Crippen molar-refractivity contribution in [2.24, 2.45) is 0 Å². The van der Waals surface area contributed by atoms with Gasteiger partial charge in [-0.25, -0.2) is 0 Å². The molecule has 3 aromatic rings. The van der Waals surface area contributed by atoms with Gasteiger partial charge in [-0.1, -0.05) is 96.7 Å². The average molecular weight is 570 g/mol. The summed E-state index contributed by atoms with van der Waals surface area (Å²) in [6.45, 7) is 2.42. The fourth-order valence-corrected chi connectivity index (χ4v) is 6.33. The summed E-state index contributed by atoms with van der Waals surface area (Å²) in [6, 6.07) is 23.0. The average Bonchev–Trinajstić information content (AvgIpc) is 3.42. The molecule has 2 amide bonds. The van der Waals surface area contributed by atoms with E-state index in [9.17, 15) is 9.59 Å². The summed E-state index contributed by atoms with van der Waals surface area (Å²) in [5, 5.41) is 4.43. The van der Waals surface area contributed by atoms with Crippen LogP contribution < -0.4 is 5.32 Å². The number of halogens is 2. The molecule has 4 nitrogen and oxygen atoms in total. The molecule has 3 aromatic carbocycles. The third kappa shape index (κ3) is 8.02. The maximum Gasteiger partial charge on any atom is 0.243 e. The van der Waals surface area contributed by atoms with Crippen molar-refractivity contribution in [3.8, 4) is 0 Å². The zero-order valence-corrected chi connectivity index (χ0v) is 24.0. The summed E-state index contributed by atoms with van der Waals surface area (Å²) in [4.78, 5) is 29.4. The highest BCUT2D eigenvalue weighted by Gasteiger charge is 2.32. The Morgan fingerprint density at radius 2 is 1.68 bits per heavy atom. The summed E-state index contributed by atoms with van der Waals surface area (Å²) in [5.41, 5.74) is 4.10. The van der Waals surface area contributed by atoms with Gasteiger partial charge in [0.25, 0.3) is 0 Å². The van der Waals surface area contributed by atoms with E-state index in [0.29, 0.717) is 28.8 Å². The van der Waals surface area contributed by atoms with Crippen LogP contribution in [0.25, 0.3) is 0 Å². The first kappa shape index (κ1) is 28.5. The largest absolute Gasteiger partial charge is 0.352 e. The number of carbonyl (C=O) groups excluding carboxylic acids is 2. The van der Waals surface area contributed by atoms with E-state index in [1.165, 1.54) is 11.8 Å². The molecule has 200 valence electrons. The van der Waals surface area contributed by atoms with E-state index in [4.69, 9.17) is 23.2 Å². The highest BCUT2D eigenvalue weighted by atomic mass is 35.5. The molecule has 1 N–H and O–H groups in total. The van der Waals surface area contributed by atoms with E-state index in [-0.39, 0.29) is 23.6 Å². The van der Waals surface area contributed by atoms with Crippen molar-refractivity contribution in [1.82, 2.24) is 10.2 Å². The van der Waals surface area contributed by atoms with Gasteiger partial charge in [0, 0.05) is 34.8 Å². The first-order valence-corrected chi connectivity index (χ1v) is 15.0.